The number of anilines is 1. The predicted octanol–water partition coefficient (Wildman–Crippen LogP) is 0.302. The lowest BCUT2D eigenvalue weighted by Crippen LogP contribution is -3.00. The number of methoxy groups -OCH3 is 1. The van der Waals surface area contributed by atoms with Crippen molar-refractivity contribution in [2.75, 3.05) is 25.1 Å². The zero-order valence-electron chi connectivity index (χ0n) is 18.8. The molecule has 1 saturated heterocycles. The summed E-state index contributed by atoms with van der Waals surface area (Å²) >= 11 is 0. The SMILES string of the molecule is COc1ccc(C[n+]2ccc(-c3ccc(N4CC(CNC(C)=O)OC4=O)cc3F)cc2)cc1.[Br-]. The van der Waals surface area contributed by atoms with Crippen LogP contribution in [0.1, 0.15) is 12.5 Å². The molecule has 1 aromatic heterocycles. The molecule has 1 atom stereocenters. The van der Waals surface area contributed by atoms with Gasteiger partial charge in [-0.15, -0.1) is 0 Å². The van der Waals surface area contributed by atoms with Crippen LogP contribution in [0.4, 0.5) is 14.9 Å². The van der Waals surface area contributed by atoms with Gasteiger partial charge in [-0.05, 0) is 48.0 Å². The molecule has 3 aromatic rings. The first-order chi connectivity index (χ1) is 15.9. The van der Waals surface area contributed by atoms with Crippen LogP contribution in [0.5, 0.6) is 5.75 Å². The van der Waals surface area contributed by atoms with Gasteiger partial charge < -0.3 is 31.8 Å². The summed E-state index contributed by atoms with van der Waals surface area (Å²) in [6, 6.07) is 16.2. The van der Waals surface area contributed by atoms with E-state index in [2.05, 4.69) is 5.32 Å². The van der Waals surface area contributed by atoms with Gasteiger partial charge in [-0.3, -0.25) is 9.69 Å². The molecule has 0 bridgehead atoms. The van der Waals surface area contributed by atoms with E-state index < -0.39 is 18.0 Å². The standard InChI is InChI=1S/C25H24FN3O4.BrH/c1-17(30)27-14-22-16-29(25(31)33-22)20-5-8-23(24(26)13-20)19-9-11-28(12-10-19)15-18-3-6-21(32-2)7-4-18;/h3-13,22H,14-16H2,1-2H3;1H. The van der Waals surface area contributed by atoms with Gasteiger partial charge in [0.1, 0.15) is 17.7 Å². The summed E-state index contributed by atoms with van der Waals surface area (Å²) in [5.74, 6) is 0.176. The molecule has 1 unspecified atom stereocenters. The van der Waals surface area contributed by atoms with Gasteiger partial charge in [-0.2, -0.15) is 0 Å². The summed E-state index contributed by atoms with van der Waals surface area (Å²) in [4.78, 5) is 24.6. The van der Waals surface area contributed by atoms with Gasteiger partial charge >= 0.3 is 6.09 Å². The summed E-state index contributed by atoms with van der Waals surface area (Å²) in [5, 5.41) is 2.62. The minimum absolute atomic E-state index is 0. The molecular formula is C25H25BrFN3O4. The molecule has 0 aliphatic carbocycles. The molecule has 1 aliphatic heterocycles. The van der Waals surface area contributed by atoms with Crippen molar-refractivity contribution in [1.29, 1.82) is 0 Å². The van der Waals surface area contributed by atoms with Gasteiger partial charge in [-0.1, -0.05) is 0 Å². The fourth-order valence-corrected chi connectivity index (χ4v) is 3.69. The normalized spacial score (nSPS) is 14.9. The molecule has 0 radical (unpaired) electrons. The zero-order valence-corrected chi connectivity index (χ0v) is 20.4. The Morgan fingerprint density at radius 2 is 1.88 bits per heavy atom. The van der Waals surface area contributed by atoms with Crippen molar-refractivity contribution in [3.8, 4) is 16.9 Å². The second kappa shape index (κ2) is 11.1. The minimum atomic E-state index is -0.559. The van der Waals surface area contributed by atoms with E-state index in [9.17, 15) is 14.0 Å². The molecule has 0 saturated carbocycles. The maximum atomic E-state index is 14.9. The maximum Gasteiger partial charge on any atom is 0.414 e. The van der Waals surface area contributed by atoms with Gasteiger partial charge in [0.25, 0.3) is 0 Å². The highest BCUT2D eigenvalue weighted by atomic mass is 79.9. The Hall–Kier alpha value is -3.46. The van der Waals surface area contributed by atoms with Crippen molar-refractivity contribution in [1.82, 2.24) is 5.32 Å². The molecule has 1 fully saturated rings. The van der Waals surface area contributed by atoms with Gasteiger partial charge in [-0.25, -0.2) is 13.8 Å². The fraction of sp³-hybridized carbons (Fsp3) is 0.240. The number of ether oxygens (including phenoxy) is 2. The number of carbonyl (C=O) groups excluding carboxylic acids is 2. The number of halogens is 2. The van der Waals surface area contributed by atoms with Crippen LogP contribution in [-0.2, 0) is 16.1 Å². The Labute approximate surface area is 207 Å². The minimum Gasteiger partial charge on any atom is -1.00 e. The van der Waals surface area contributed by atoms with Crippen molar-refractivity contribution in [2.24, 2.45) is 0 Å². The highest BCUT2D eigenvalue weighted by Crippen LogP contribution is 2.28. The van der Waals surface area contributed by atoms with Crippen LogP contribution in [0.3, 0.4) is 0 Å². The molecule has 2 aromatic carbocycles. The molecule has 9 heteroatoms. The van der Waals surface area contributed by atoms with Crippen molar-refractivity contribution < 1.29 is 45.0 Å². The van der Waals surface area contributed by atoms with Crippen molar-refractivity contribution in [3.63, 3.8) is 0 Å². The van der Waals surface area contributed by atoms with E-state index in [0.717, 1.165) is 16.9 Å². The van der Waals surface area contributed by atoms with Crippen LogP contribution in [0.15, 0.2) is 67.0 Å². The highest BCUT2D eigenvalue weighted by Gasteiger charge is 2.32. The Kier molecular flexibility index (Phi) is 8.22. The number of cyclic esters (lactones) is 1. The Balaban J connectivity index is 0.00000324. The second-order valence-electron chi connectivity index (χ2n) is 7.82. The smallest absolute Gasteiger partial charge is 0.414 e. The number of nitrogens with one attached hydrogen (secondary N) is 1. The number of carbonyl (C=O) groups is 2. The first-order valence-electron chi connectivity index (χ1n) is 10.6. The van der Waals surface area contributed by atoms with E-state index in [1.165, 1.54) is 17.9 Å². The summed E-state index contributed by atoms with van der Waals surface area (Å²) in [6.45, 7) is 2.54. The predicted molar refractivity (Wildman–Crippen MR) is 120 cm³/mol. The quantitative estimate of drug-likeness (QED) is 0.447. The van der Waals surface area contributed by atoms with Gasteiger partial charge in [0.05, 0.1) is 25.9 Å². The molecule has 34 heavy (non-hydrogen) atoms. The van der Waals surface area contributed by atoms with E-state index in [1.807, 2.05) is 53.4 Å². The summed E-state index contributed by atoms with van der Waals surface area (Å²) in [7, 11) is 1.63. The van der Waals surface area contributed by atoms with Crippen LogP contribution < -0.4 is 36.5 Å². The summed E-state index contributed by atoms with van der Waals surface area (Å²) in [5.41, 5.74) is 2.71. The summed E-state index contributed by atoms with van der Waals surface area (Å²) < 4.78 is 27.4. The van der Waals surface area contributed by atoms with E-state index in [-0.39, 0.29) is 36.0 Å². The number of aromatic nitrogens is 1. The third-order valence-electron chi connectivity index (χ3n) is 5.44. The molecule has 1 N–H and O–H groups in total. The van der Waals surface area contributed by atoms with Gasteiger partial charge in [0.15, 0.2) is 18.9 Å². The molecule has 2 heterocycles. The molecule has 1 aliphatic rings. The maximum absolute atomic E-state index is 14.9. The van der Waals surface area contributed by atoms with Crippen LogP contribution in [0.2, 0.25) is 0 Å². The number of rotatable bonds is 7. The largest absolute Gasteiger partial charge is 1.00 e. The van der Waals surface area contributed by atoms with Crippen LogP contribution in [0, 0.1) is 5.82 Å². The van der Waals surface area contributed by atoms with E-state index >= 15 is 0 Å². The second-order valence-corrected chi connectivity index (χ2v) is 7.82. The van der Waals surface area contributed by atoms with Crippen LogP contribution in [0.25, 0.3) is 11.1 Å². The van der Waals surface area contributed by atoms with Crippen LogP contribution in [-0.4, -0.2) is 38.3 Å². The van der Waals surface area contributed by atoms with E-state index in [0.29, 0.717) is 17.8 Å². The lowest BCUT2D eigenvalue weighted by atomic mass is 10.1. The average Bonchev–Trinajstić information content (AvgIpc) is 3.19. The Morgan fingerprint density at radius 3 is 2.50 bits per heavy atom. The molecule has 0 spiro atoms. The number of hydrogen-bond acceptors (Lipinski definition) is 4. The molecule has 7 nitrogen and oxygen atoms in total. The monoisotopic (exact) mass is 529 g/mol. The molecule has 4 rings (SSSR count). The molecule has 2 amide bonds. The lowest BCUT2D eigenvalue weighted by Gasteiger charge is -2.14. The third-order valence-corrected chi connectivity index (χ3v) is 5.44. The Bertz CT molecular complexity index is 1160. The van der Waals surface area contributed by atoms with E-state index in [1.54, 1.807) is 19.2 Å². The van der Waals surface area contributed by atoms with Crippen LogP contribution >= 0.6 is 0 Å². The number of hydrogen-bond donors (Lipinski definition) is 1. The Morgan fingerprint density at radius 1 is 1.18 bits per heavy atom. The average molecular weight is 530 g/mol. The first kappa shape index (κ1) is 25.2. The lowest BCUT2D eigenvalue weighted by molar-refractivity contribution is -0.688. The number of amides is 2. The van der Waals surface area contributed by atoms with Crippen molar-refractivity contribution in [2.45, 2.75) is 19.6 Å². The summed E-state index contributed by atoms with van der Waals surface area (Å²) in [6.07, 6.45) is 2.77. The number of pyridine rings is 1. The van der Waals surface area contributed by atoms with Gasteiger partial charge in [0.2, 0.25) is 5.91 Å². The molecular weight excluding hydrogens is 505 g/mol. The van der Waals surface area contributed by atoms with E-state index in [4.69, 9.17) is 9.47 Å². The molecule has 178 valence electrons. The van der Waals surface area contributed by atoms with Crippen molar-refractivity contribution in [3.05, 3.63) is 78.4 Å². The first-order valence-corrected chi connectivity index (χ1v) is 10.6. The number of benzene rings is 2. The zero-order chi connectivity index (χ0) is 23.4. The topological polar surface area (TPSA) is 71.8 Å². The third kappa shape index (κ3) is 5.91. The fourth-order valence-electron chi connectivity index (χ4n) is 3.69. The highest BCUT2D eigenvalue weighted by molar-refractivity contribution is 5.90. The number of nitrogens with zero attached hydrogens (tertiary/aromatic N) is 2. The van der Waals surface area contributed by atoms with Gasteiger partial charge in [0, 0.05) is 30.2 Å². The van der Waals surface area contributed by atoms with Crippen molar-refractivity contribution >= 4 is 17.7 Å².